The van der Waals surface area contributed by atoms with Crippen LogP contribution >= 0.6 is 11.8 Å². The van der Waals surface area contributed by atoms with Crippen LogP contribution < -0.4 is 10.1 Å². The molecule has 31 heavy (non-hydrogen) atoms. The number of amides is 1. The van der Waals surface area contributed by atoms with E-state index in [4.69, 9.17) is 4.74 Å². The predicted octanol–water partition coefficient (Wildman–Crippen LogP) is 4.57. The molecule has 1 N–H and O–H groups in total. The summed E-state index contributed by atoms with van der Waals surface area (Å²) in [6, 6.07) is 25.6. The van der Waals surface area contributed by atoms with Crippen LogP contribution in [0.25, 0.3) is 0 Å². The molecule has 4 rings (SSSR count). The van der Waals surface area contributed by atoms with E-state index in [1.165, 1.54) is 17.3 Å². The van der Waals surface area contributed by atoms with E-state index in [1.807, 2.05) is 78.3 Å². The van der Waals surface area contributed by atoms with Gasteiger partial charge in [-0.3, -0.25) is 4.79 Å². The van der Waals surface area contributed by atoms with E-state index in [2.05, 4.69) is 27.6 Å². The number of carbonyl (C=O) groups excluding carboxylic acids is 1. The van der Waals surface area contributed by atoms with Crippen molar-refractivity contribution in [1.29, 1.82) is 0 Å². The first kappa shape index (κ1) is 20.7. The fourth-order valence-corrected chi connectivity index (χ4v) is 3.79. The third-order valence-corrected chi connectivity index (χ3v) is 5.65. The quantitative estimate of drug-likeness (QED) is 0.443. The average Bonchev–Trinajstić information content (AvgIpc) is 3.19. The summed E-state index contributed by atoms with van der Waals surface area (Å²) in [5.41, 5.74) is 2.96. The lowest BCUT2D eigenvalue weighted by atomic mass is 10.0. The lowest BCUT2D eigenvalue weighted by molar-refractivity contribution is -0.118. The van der Waals surface area contributed by atoms with Crippen molar-refractivity contribution in [2.75, 3.05) is 11.9 Å². The second-order valence-electron chi connectivity index (χ2n) is 6.96. The fraction of sp³-hybridized carbons (Fsp3) is 0.125. The Balaban J connectivity index is 1.32. The molecule has 0 aliphatic carbocycles. The largest absolute Gasteiger partial charge is 0.483 e. The molecule has 0 saturated heterocycles. The molecule has 1 amide bonds. The summed E-state index contributed by atoms with van der Waals surface area (Å²) in [5.74, 6) is 0.514. The van der Waals surface area contributed by atoms with Gasteiger partial charge in [-0.1, -0.05) is 48.5 Å². The lowest BCUT2D eigenvalue weighted by Crippen LogP contribution is -2.20. The Bertz CT molecular complexity index is 1140. The maximum absolute atomic E-state index is 12.4. The second kappa shape index (κ2) is 9.95. The van der Waals surface area contributed by atoms with Crippen LogP contribution in [-0.2, 0) is 18.3 Å². The van der Waals surface area contributed by atoms with E-state index >= 15 is 0 Å². The Kier molecular flexibility index (Phi) is 6.64. The summed E-state index contributed by atoms with van der Waals surface area (Å²) in [4.78, 5) is 13.4. The zero-order valence-corrected chi connectivity index (χ0v) is 17.9. The van der Waals surface area contributed by atoms with Gasteiger partial charge in [0.1, 0.15) is 12.1 Å². The SMILES string of the molecule is Cn1cnnc1Sc1ccc(NC(=O)COc2ccccc2Cc2ccccc2)cc1. The van der Waals surface area contributed by atoms with Gasteiger partial charge in [0.15, 0.2) is 11.8 Å². The van der Waals surface area contributed by atoms with Gasteiger partial charge in [-0.25, -0.2) is 0 Å². The van der Waals surface area contributed by atoms with Crippen LogP contribution in [0.5, 0.6) is 5.75 Å². The summed E-state index contributed by atoms with van der Waals surface area (Å²) in [6.07, 6.45) is 2.41. The van der Waals surface area contributed by atoms with Crippen LogP contribution in [-0.4, -0.2) is 27.3 Å². The Morgan fingerprint density at radius 1 is 1.00 bits per heavy atom. The van der Waals surface area contributed by atoms with E-state index in [0.717, 1.165) is 27.8 Å². The molecule has 6 nitrogen and oxygen atoms in total. The Hall–Kier alpha value is -3.58. The van der Waals surface area contributed by atoms with Crippen LogP contribution in [0.1, 0.15) is 11.1 Å². The number of aromatic nitrogens is 3. The highest BCUT2D eigenvalue weighted by Gasteiger charge is 2.09. The van der Waals surface area contributed by atoms with Crippen LogP contribution in [0, 0.1) is 0 Å². The highest BCUT2D eigenvalue weighted by Crippen LogP contribution is 2.26. The summed E-state index contributed by atoms with van der Waals surface area (Å²) >= 11 is 1.51. The minimum absolute atomic E-state index is 0.0543. The highest BCUT2D eigenvalue weighted by molar-refractivity contribution is 7.99. The number of carbonyl (C=O) groups is 1. The number of hydrogen-bond acceptors (Lipinski definition) is 5. The van der Waals surface area contributed by atoms with Gasteiger partial charge < -0.3 is 14.6 Å². The average molecular weight is 431 g/mol. The number of nitrogens with zero attached hydrogens (tertiary/aromatic N) is 3. The number of benzene rings is 3. The normalized spacial score (nSPS) is 10.6. The molecule has 0 fully saturated rings. The monoisotopic (exact) mass is 430 g/mol. The van der Waals surface area contributed by atoms with Gasteiger partial charge in [-0.05, 0) is 53.2 Å². The van der Waals surface area contributed by atoms with E-state index in [-0.39, 0.29) is 12.5 Å². The van der Waals surface area contributed by atoms with Crippen LogP contribution in [0.3, 0.4) is 0 Å². The molecule has 7 heteroatoms. The zero-order valence-electron chi connectivity index (χ0n) is 17.1. The summed E-state index contributed by atoms with van der Waals surface area (Å²) in [5, 5.41) is 11.6. The molecule has 0 unspecified atom stereocenters. The molecule has 1 aromatic heterocycles. The number of anilines is 1. The van der Waals surface area contributed by atoms with Crippen LogP contribution in [0.15, 0.2) is 95.2 Å². The molecule has 0 bridgehead atoms. The van der Waals surface area contributed by atoms with Gasteiger partial charge in [0, 0.05) is 24.1 Å². The molecule has 0 aliphatic heterocycles. The van der Waals surface area contributed by atoms with Gasteiger partial charge in [0.05, 0.1) is 0 Å². The molecular weight excluding hydrogens is 408 g/mol. The summed E-state index contributed by atoms with van der Waals surface area (Å²) < 4.78 is 7.67. The number of rotatable bonds is 8. The summed E-state index contributed by atoms with van der Waals surface area (Å²) in [7, 11) is 1.90. The molecule has 0 radical (unpaired) electrons. The highest BCUT2D eigenvalue weighted by atomic mass is 32.2. The molecule has 0 atom stereocenters. The Morgan fingerprint density at radius 2 is 1.74 bits per heavy atom. The molecule has 1 heterocycles. The number of nitrogens with one attached hydrogen (secondary N) is 1. The first-order valence-electron chi connectivity index (χ1n) is 9.84. The Labute approximate surface area is 185 Å². The van der Waals surface area contributed by atoms with Gasteiger partial charge in [0.2, 0.25) is 0 Å². The standard InChI is InChI=1S/C24H22N4O2S/c1-28-17-25-27-24(28)31-21-13-11-20(12-14-21)26-23(29)16-30-22-10-6-5-9-19(22)15-18-7-3-2-4-8-18/h2-14,17H,15-16H2,1H3,(H,26,29). The van der Waals surface area contributed by atoms with Gasteiger partial charge >= 0.3 is 0 Å². The smallest absolute Gasteiger partial charge is 0.262 e. The van der Waals surface area contributed by atoms with Gasteiger partial charge in [-0.15, -0.1) is 10.2 Å². The summed E-state index contributed by atoms with van der Waals surface area (Å²) in [6.45, 7) is -0.0543. The molecule has 3 aromatic carbocycles. The van der Waals surface area contributed by atoms with E-state index in [0.29, 0.717) is 5.69 Å². The maximum Gasteiger partial charge on any atom is 0.262 e. The predicted molar refractivity (Wildman–Crippen MR) is 121 cm³/mol. The van der Waals surface area contributed by atoms with Crippen LogP contribution in [0.4, 0.5) is 5.69 Å². The molecule has 0 saturated carbocycles. The van der Waals surface area contributed by atoms with Crippen molar-refractivity contribution in [1.82, 2.24) is 14.8 Å². The van der Waals surface area contributed by atoms with Crippen molar-refractivity contribution in [3.8, 4) is 5.75 Å². The van der Waals surface area contributed by atoms with Crippen molar-refractivity contribution >= 4 is 23.4 Å². The Morgan fingerprint density at radius 3 is 2.48 bits per heavy atom. The second-order valence-corrected chi connectivity index (χ2v) is 8.00. The number of aryl methyl sites for hydroxylation is 1. The molecular formula is C24H22N4O2S. The minimum atomic E-state index is -0.205. The molecule has 0 aliphatic rings. The number of ether oxygens (including phenoxy) is 1. The van der Waals surface area contributed by atoms with E-state index in [1.54, 1.807) is 6.33 Å². The lowest BCUT2D eigenvalue weighted by Gasteiger charge is -2.12. The molecule has 4 aromatic rings. The zero-order chi connectivity index (χ0) is 21.5. The van der Waals surface area contributed by atoms with Crippen molar-refractivity contribution in [3.05, 3.63) is 96.3 Å². The van der Waals surface area contributed by atoms with Crippen molar-refractivity contribution < 1.29 is 9.53 Å². The van der Waals surface area contributed by atoms with Crippen molar-refractivity contribution in [2.45, 2.75) is 16.5 Å². The third kappa shape index (κ3) is 5.73. The van der Waals surface area contributed by atoms with Crippen molar-refractivity contribution in [2.24, 2.45) is 7.05 Å². The van der Waals surface area contributed by atoms with E-state index < -0.39 is 0 Å². The van der Waals surface area contributed by atoms with Crippen LogP contribution in [0.2, 0.25) is 0 Å². The third-order valence-electron chi connectivity index (χ3n) is 4.59. The minimum Gasteiger partial charge on any atom is -0.483 e. The van der Waals surface area contributed by atoms with Gasteiger partial charge in [-0.2, -0.15) is 0 Å². The first-order valence-corrected chi connectivity index (χ1v) is 10.7. The number of para-hydroxylation sites is 1. The van der Waals surface area contributed by atoms with Crippen molar-refractivity contribution in [3.63, 3.8) is 0 Å². The topological polar surface area (TPSA) is 69.0 Å². The van der Waals surface area contributed by atoms with Gasteiger partial charge in [0.25, 0.3) is 5.91 Å². The molecule has 0 spiro atoms. The maximum atomic E-state index is 12.4. The fourth-order valence-electron chi connectivity index (χ4n) is 3.02. The van der Waals surface area contributed by atoms with E-state index in [9.17, 15) is 4.79 Å². The first-order chi connectivity index (χ1) is 15.2. The number of hydrogen-bond donors (Lipinski definition) is 1. The molecule has 156 valence electrons.